The van der Waals surface area contributed by atoms with Gasteiger partial charge in [-0.3, -0.25) is 0 Å². The molecule has 0 aromatic heterocycles. The van der Waals surface area contributed by atoms with E-state index in [4.69, 9.17) is 14.2 Å². The predicted molar refractivity (Wildman–Crippen MR) is 77.4 cm³/mol. The molecule has 1 aliphatic heterocycles. The topological polar surface area (TPSA) is 44.8 Å². The third kappa shape index (κ3) is 3.60. The van der Waals surface area contributed by atoms with Gasteiger partial charge in [-0.2, -0.15) is 13.2 Å². The molecule has 23 heavy (non-hydrogen) atoms. The monoisotopic (exact) mass is 330 g/mol. The van der Waals surface area contributed by atoms with Gasteiger partial charge in [0.1, 0.15) is 11.5 Å². The highest BCUT2D eigenvalue weighted by molar-refractivity contribution is 5.96. The molecule has 1 heterocycles. The molecule has 0 radical (unpaired) electrons. The zero-order valence-electron chi connectivity index (χ0n) is 13.0. The van der Waals surface area contributed by atoms with Gasteiger partial charge in [-0.05, 0) is 44.5 Å². The Labute approximate surface area is 131 Å². The Balaban J connectivity index is 2.53. The molecule has 1 unspecified atom stereocenters. The summed E-state index contributed by atoms with van der Waals surface area (Å²) >= 11 is 0. The van der Waals surface area contributed by atoms with Gasteiger partial charge in [-0.15, -0.1) is 0 Å². The fourth-order valence-electron chi connectivity index (χ4n) is 2.33. The van der Waals surface area contributed by atoms with Crippen LogP contribution in [0.4, 0.5) is 13.2 Å². The van der Waals surface area contributed by atoms with E-state index in [0.29, 0.717) is 23.5 Å². The van der Waals surface area contributed by atoms with Crippen molar-refractivity contribution in [1.29, 1.82) is 0 Å². The van der Waals surface area contributed by atoms with E-state index in [9.17, 15) is 18.0 Å². The number of hydrogen-bond donors (Lipinski definition) is 0. The Morgan fingerprint density at radius 1 is 1.26 bits per heavy atom. The quantitative estimate of drug-likeness (QED) is 0.790. The van der Waals surface area contributed by atoms with Crippen LogP contribution >= 0.6 is 0 Å². The van der Waals surface area contributed by atoms with Gasteiger partial charge in [0.15, 0.2) is 0 Å². The fourth-order valence-corrected chi connectivity index (χ4v) is 2.33. The first-order valence-electron chi connectivity index (χ1n) is 7.17. The Bertz CT molecular complexity index is 635. The molecule has 1 atom stereocenters. The first-order valence-corrected chi connectivity index (χ1v) is 7.17. The van der Waals surface area contributed by atoms with Crippen LogP contribution in [-0.2, 0) is 9.53 Å². The van der Waals surface area contributed by atoms with E-state index in [1.54, 1.807) is 19.9 Å². The summed E-state index contributed by atoms with van der Waals surface area (Å²) < 4.78 is 54.8. The Morgan fingerprint density at radius 3 is 2.52 bits per heavy atom. The van der Waals surface area contributed by atoms with Crippen LogP contribution in [0.15, 0.2) is 17.7 Å². The van der Waals surface area contributed by atoms with E-state index in [0.717, 1.165) is 6.08 Å². The van der Waals surface area contributed by atoms with Crippen molar-refractivity contribution in [1.82, 2.24) is 0 Å². The number of fused-ring (bicyclic) bond motifs is 1. The molecule has 2 rings (SSSR count). The molecule has 0 saturated heterocycles. The number of aryl methyl sites for hydroxylation is 1. The molecular weight excluding hydrogens is 313 g/mol. The molecule has 0 N–H and O–H groups in total. The van der Waals surface area contributed by atoms with Gasteiger partial charge in [0.25, 0.3) is 0 Å². The van der Waals surface area contributed by atoms with Gasteiger partial charge in [-0.1, -0.05) is 0 Å². The van der Waals surface area contributed by atoms with Gasteiger partial charge >= 0.3 is 12.1 Å². The van der Waals surface area contributed by atoms with Gasteiger partial charge in [0.2, 0.25) is 6.10 Å². The van der Waals surface area contributed by atoms with Crippen LogP contribution in [0.25, 0.3) is 6.08 Å². The van der Waals surface area contributed by atoms with Crippen molar-refractivity contribution in [3.63, 3.8) is 0 Å². The van der Waals surface area contributed by atoms with E-state index < -0.39 is 23.8 Å². The van der Waals surface area contributed by atoms with Gasteiger partial charge in [-0.25, -0.2) is 4.79 Å². The number of carbonyl (C=O) groups excluding carboxylic acids is 1. The predicted octanol–water partition coefficient (Wildman–Crippen LogP) is 3.66. The lowest BCUT2D eigenvalue weighted by Gasteiger charge is -2.29. The fraction of sp³-hybridized carbons (Fsp3) is 0.438. The average Bonchev–Trinajstić information content (AvgIpc) is 2.45. The molecule has 1 aliphatic rings. The molecule has 0 bridgehead atoms. The Hall–Kier alpha value is -2.18. The Kier molecular flexibility index (Phi) is 4.87. The molecule has 0 spiro atoms. The summed E-state index contributed by atoms with van der Waals surface area (Å²) in [5, 5.41) is 0. The number of alkyl halides is 3. The zero-order chi connectivity index (χ0) is 17.2. The van der Waals surface area contributed by atoms with E-state index in [1.165, 1.54) is 13.0 Å². The smallest absolute Gasteiger partial charge is 0.430 e. The minimum atomic E-state index is -4.72. The molecule has 1 aromatic rings. The van der Waals surface area contributed by atoms with Crippen molar-refractivity contribution in [2.75, 3.05) is 13.2 Å². The summed E-state index contributed by atoms with van der Waals surface area (Å²) in [7, 11) is 0. The number of esters is 1. The third-order valence-electron chi connectivity index (χ3n) is 3.23. The highest BCUT2D eigenvalue weighted by atomic mass is 19.4. The van der Waals surface area contributed by atoms with E-state index in [-0.39, 0.29) is 12.4 Å². The summed E-state index contributed by atoms with van der Waals surface area (Å²) in [5.41, 5.74) is 0.288. The first-order chi connectivity index (χ1) is 10.8. The number of halogens is 3. The lowest BCUT2D eigenvalue weighted by Crippen LogP contribution is -2.41. The molecule has 7 heteroatoms. The minimum Gasteiger partial charge on any atom is -0.494 e. The molecule has 1 aromatic carbocycles. The molecule has 126 valence electrons. The molecule has 0 aliphatic carbocycles. The SMILES string of the molecule is CCOC(=O)C1=Cc2cc(OCC)cc(C)c2OC1C(F)(F)F. The molecule has 0 saturated carbocycles. The van der Waals surface area contributed by atoms with Crippen LogP contribution in [0.1, 0.15) is 25.0 Å². The van der Waals surface area contributed by atoms with Crippen molar-refractivity contribution in [2.24, 2.45) is 0 Å². The van der Waals surface area contributed by atoms with Gasteiger partial charge in [0.05, 0.1) is 18.8 Å². The summed E-state index contributed by atoms with van der Waals surface area (Å²) in [5.74, 6) is -0.457. The maximum Gasteiger partial charge on any atom is 0.430 e. The maximum atomic E-state index is 13.2. The van der Waals surface area contributed by atoms with E-state index in [1.807, 2.05) is 0 Å². The number of carbonyl (C=O) groups is 1. The Morgan fingerprint density at radius 2 is 1.96 bits per heavy atom. The normalized spacial score (nSPS) is 17.0. The van der Waals surface area contributed by atoms with Crippen LogP contribution in [0.3, 0.4) is 0 Å². The highest BCUT2D eigenvalue weighted by Gasteiger charge is 2.49. The van der Waals surface area contributed by atoms with Crippen molar-refractivity contribution in [3.8, 4) is 11.5 Å². The zero-order valence-corrected chi connectivity index (χ0v) is 13.0. The van der Waals surface area contributed by atoms with Gasteiger partial charge in [0, 0.05) is 5.56 Å². The molecule has 4 nitrogen and oxygen atoms in total. The van der Waals surface area contributed by atoms with Crippen LogP contribution in [-0.4, -0.2) is 31.5 Å². The van der Waals surface area contributed by atoms with E-state index in [2.05, 4.69) is 0 Å². The largest absolute Gasteiger partial charge is 0.494 e. The van der Waals surface area contributed by atoms with Crippen molar-refractivity contribution >= 4 is 12.0 Å². The van der Waals surface area contributed by atoms with Crippen molar-refractivity contribution < 1.29 is 32.2 Å². The number of benzene rings is 1. The summed E-state index contributed by atoms with van der Waals surface area (Å²) in [6.07, 6.45) is -5.91. The average molecular weight is 330 g/mol. The second kappa shape index (κ2) is 6.52. The van der Waals surface area contributed by atoms with Crippen LogP contribution in [0.5, 0.6) is 11.5 Å². The summed E-state index contributed by atoms with van der Waals surface area (Å²) in [6.45, 7) is 5.34. The number of hydrogen-bond acceptors (Lipinski definition) is 4. The van der Waals surface area contributed by atoms with Crippen LogP contribution in [0.2, 0.25) is 0 Å². The third-order valence-corrected chi connectivity index (χ3v) is 3.23. The summed E-state index contributed by atoms with van der Waals surface area (Å²) in [4.78, 5) is 11.9. The standard InChI is InChI=1S/C16H17F3O4/c1-4-21-11-6-9(3)13-10(7-11)8-12(15(20)22-5-2)14(23-13)16(17,18)19/h6-8,14H,4-5H2,1-3H3. The van der Waals surface area contributed by atoms with Gasteiger partial charge < -0.3 is 14.2 Å². The van der Waals surface area contributed by atoms with Crippen molar-refractivity contribution in [3.05, 3.63) is 28.8 Å². The minimum absolute atomic E-state index is 0.0222. The summed E-state index contributed by atoms with van der Waals surface area (Å²) in [6, 6.07) is 3.14. The van der Waals surface area contributed by atoms with Crippen LogP contribution < -0.4 is 9.47 Å². The number of rotatable bonds is 4. The number of ether oxygens (including phenoxy) is 3. The molecule has 0 fully saturated rings. The van der Waals surface area contributed by atoms with E-state index >= 15 is 0 Å². The van der Waals surface area contributed by atoms with Crippen LogP contribution in [0, 0.1) is 6.92 Å². The maximum absolute atomic E-state index is 13.2. The first kappa shape index (κ1) is 17.2. The lowest BCUT2D eigenvalue weighted by atomic mass is 9.99. The van der Waals surface area contributed by atoms with Crippen molar-refractivity contribution in [2.45, 2.75) is 33.1 Å². The lowest BCUT2D eigenvalue weighted by molar-refractivity contribution is -0.188. The highest BCUT2D eigenvalue weighted by Crippen LogP contribution is 2.40. The molecule has 0 amide bonds. The second-order valence-corrected chi connectivity index (χ2v) is 4.95. The molecular formula is C16H17F3O4. The second-order valence-electron chi connectivity index (χ2n) is 4.95.